The fourth-order valence-electron chi connectivity index (χ4n) is 2.08. The van der Waals surface area contributed by atoms with E-state index in [4.69, 9.17) is 14.7 Å². The maximum Gasteiger partial charge on any atom is 0.270 e. The predicted molar refractivity (Wildman–Crippen MR) is 84.7 cm³/mol. The maximum absolute atomic E-state index is 10.7. The number of non-ortho nitro benzene ring substituents is 1. The Morgan fingerprint density at radius 2 is 1.91 bits per heavy atom. The zero-order valence-corrected chi connectivity index (χ0v) is 12.7. The molecule has 23 heavy (non-hydrogen) atoms. The van der Waals surface area contributed by atoms with Gasteiger partial charge in [-0.15, -0.1) is 0 Å². The first-order chi connectivity index (χ1) is 11.1. The van der Waals surface area contributed by atoms with E-state index in [0.717, 1.165) is 5.56 Å². The number of rotatable bonds is 6. The largest absolute Gasteiger partial charge is 0.493 e. The molecule has 0 atom stereocenters. The summed E-state index contributed by atoms with van der Waals surface area (Å²) < 4.78 is 10.4. The van der Waals surface area contributed by atoms with Gasteiger partial charge in [-0.3, -0.25) is 10.1 Å². The molecule has 2 aromatic carbocycles. The van der Waals surface area contributed by atoms with Crippen LogP contribution in [-0.4, -0.2) is 19.1 Å². The molecule has 0 unspecified atom stereocenters. The Kier molecular flexibility index (Phi) is 5.00. The molecule has 7 nitrogen and oxygen atoms in total. The van der Waals surface area contributed by atoms with Crippen molar-refractivity contribution in [3.8, 4) is 17.6 Å². The molecule has 0 fully saturated rings. The Morgan fingerprint density at radius 1 is 1.17 bits per heavy atom. The van der Waals surface area contributed by atoms with E-state index < -0.39 is 4.92 Å². The maximum atomic E-state index is 10.7. The van der Waals surface area contributed by atoms with E-state index >= 15 is 0 Å². The van der Waals surface area contributed by atoms with E-state index in [9.17, 15) is 10.1 Å². The Morgan fingerprint density at radius 3 is 2.52 bits per heavy atom. The number of nitro benzene ring substituents is 1. The van der Waals surface area contributed by atoms with Crippen LogP contribution in [0.5, 0.6) is 11.5 Å². The first kappa shape index (κ1) is 16.1. The lowest BCUT2D eigenvalue weighted by Crippen LogP contribution is -2.02. The molecule has 0 aliphatic rings. The number of hydrogen-bond donors (Lipinski definition) is 1. The molecule has 2 aromatic rings. The Labute approximate surface area is 133 Å². The first-order valence-corrected chi connectivity index (χ1v) is 6.72. The molecule has 0 spiro atoms. The molecule has 7 heteroatoms. The van der Waals surface area contributed by atoms with E-state index in [0.29, 0.717) is 23.7 Å². The fraction of sp³-hybridized carbons (Fsp3) is 0.188. The highest BCUT2D eigenvalue weighted by molar-refractivity contribution is 5.61. The van der Waals surface area contributed by atoms with E-state index in [1.807, 2.05) is 18.2 Å². The standard InChI is InChI=1S/C16H15N3O4/c1-22-15-6-3-11(7-16(15)23-2)10-18-14-5-4-13(19(20)21)8-12(14)9-17/h3-8,18H,10H2,1-2H3. The summed E-state index contributed by atoms with van der Waals surface area (Å²) in [7, 11) is 3.12. The minimum Gasteiger partial charge on any atom is -0.493 e. The number of nitrogens with zero attached hydrogens (tertiary/aromatic N) is 2. The van der Waals surface area contributed by atoms with E-state index in [1.54, 1.807) is 20.3 Å². The molecule has 0 aliphatic heterocycles. The first-order valence-electron chi connectivity index (χ1n) is 6.72. The third kappa shape index (κ3) is 3.68. The normalized spacial score (nSPS) is 9.78. The zero-order valence-electron chi connectivity index (χ0n) is 12.7. The van der Waals surface area contributed by atoms with Gasteiger partial charge in [-0.1, -0.05) is 6.07 Å². The zero-order chi connectivity index (χ0) is 16.8. The van der Waals surface area contributed by atoms with Crippen LogP contribution in [0, 0.1) is 21.4 Å². The molecule has 118 valence electrons. The molecule has 0 aliphatic carbocycles. The molecule has 0 bridgehead atoms. The van der Waals surface area contributed by atoms with Crippen LogP contribution in [0.2, 0.25) is 0 Å². The Bertz CT molecular complexity index is 768. The summed E-state index contributed by atoms with van der Waals surface area (Å²) in [4.78, 5) is 10.2. The van der Waals surface area contributed by atoms with Crippen LogP contribution in [0.1, 0.15) is 11.1 Å². The molecule has 0 radical (unpaired) electrons. The molecule has 1 N–H and O–H groups in total. The monoisotopic (exact) mass is 313 g/mol. The van der Waals surface area contributed by atoms with E-state index in [2.05, 4.69) is 5.32 Å². The average Bonchev–Trinajstić information content (AvgIpc) is 2.59. The van der Waals surface area contributed by atoms with Gasteiger partial charge in [0.1, 0.15) is 6.07 Å². The van der Waals surface area contributed by atoms with Crippen molar-refractivity contribution < 1.29 is 14.4 Å². The van der Waals surface area contributed by atoms with Crippen LogP contribution in [0.3, 0.4) is 0 Å². The van der Waals surface area contributed by atoms with Crippen molar-refractivity contribution in [1.82, 2.24) is 0 Å². The van der Waals surface area contributed by atoms with Crippen LogP contribution in [0.15, 0.2) is 36.4 Å². The van der Waals surface area contributed by atoms with Gasteiger partial charge in [0, 0.05) is 18.7 Å². The molecule has 2 rings (SSSR count). The van der Waals surface area contributed by atoms with Crippen LogP contribution in [0.4, 0.5) is 11.4 Å². The summed E-state index contributed by atoms with van der Waals surface area (Å²) in [6.07, 6.45) is 0. The molecule has 0 saturated heterocycles. The number of methoxy groups -OCH3 is 2. The van der Waals surface area contributed by atoms with Gasteiger partial charge in [-0.2, -0.15) is 5.26 Å². The van der Waals surface area contributed by atoms with Crippen molar-refractivity contribution in [2.75, 3.05) is 19.5 Å². The van der Waals surface area contributed by atoms with E-state index in [-0.39, 0.29) is 11.3 Å². The summed E-state index contributed by atoms with van der Waals surface area (Å²) >= 11 is 0. The highest BCUT2D eigenvalue weighted by Crippen LogP contribution is 2.28. The van der Waals surface area contributed by atoms with Gasteiger partial charge in [0.2, 0.25) is 0 Å². The van der Waals surface area contributed by atoms with Gasteiger partial charge in [0.05, 0.1) is 30.4 Å². The highest BCUT2D eigenvalue weighted by Gasteiger charge is 2.11. The fourth-order valence-corrected chi connectivity index (χ4v) is 2.08. The summed E-state index contributed by atoms with van der Waals surface area (Å²) in [6.45, 7) is 0.437. The molecular formula is C16H15N3O4. The number of ether oxygens (including phenoxy) is 2. The SMILES string of the molecule is COc1ccc(CNc2ccc([N+](=O)[O-])cc2C#N)cc1OC. The average molecular weight is 313 g/mol. The summed E-state index contributed by atoms with van der Waals surface area (Å²) in [5, 5.41) is 23.0. The lowest BCUT2D eigenvalue weighted by molar-refractivity contribution is -0.384. The van der Waals surface area contributed by atoms with Crippen LogP contribution < -0.4 is 14.8 Å². The second kappa shape index (κ2) is 7.13. The number of hydrogen-bond acceptors (Lipinski definition) is 6. The number of benzene rings is 2. The number of nitriles is 1. The van der Waals surface area contributed by atoms with Crippen LogP contribution in [0.25, 0.3) is 0 Å². The number of nitrogens with one attached hydrogen (secondary N) is 1. The van der Waals surface area contributed by atoms with Crippen LogP contribution in [-0.2, 0) is 6.54 Å². The second-order valence-corrected chi connectivity index (χ2v) is 4.64. The van der Waals surface area contributed by atoms with Crippen molar-refractivity contribution in [3.05, 3.63) is 57.6 Å². The number of nitro groups is 1. The lowest BCUT2D eigenvalue weighted by Gasteiger charge is -2.11. The van der Waals surface area contributed by atoms with Gasteiger partial charge < -0.3 is 14.8 Å². The topological polar surface area (TPSA) is 97.4 Å². The summed E-state index contributed by atoms with van der Waals surface area (Å²) in [5.74, 6) is 1.24. The van der Waals surface area contributed by atoms with Gasteiger partial charge in [-0.05, 0) is 23.8 Å². The Hall–Kier alpha value is -3.27. The van der Waals surface area contributed by atoms with Crippen LogP contribution >= 0.6 is 0 Å². The lowest BCUT2D eigenvalue weighted by atomic mass is 10.1. The highest BCUT2D eigenvalue weighted by atomic mass is 16.6. The number of anilines is 1. The van der Waals surface area contributed by atoms with Crippen molar-refractivity contribution in [2.24, 2.45) is 0 Å². The molecular weight excluding hydrogens is 298 g/mol. The van der Waals surface area contributed by atoms with Gasteiger partial charge in [-0.25, -0.2) is 0 Å². The second-order valence-electron chi connectivity index (χ2n) is 4.64. The summed E-state index contributed by atoms with van der Waals surface area (Å²) in [6, 6.07) is 11.6. The minimum absolute atomic E-state index is 0.113. The smallest absolute Gasteiger partial charge is 0.270 e. The van der Waals surface area contributed by atoms with Gasteiger partial charge >= 0.3 is 0 Å². The van der Waals surface area contributed by atoms with Crippen molar-refractivity contribution in [2.45, 2.75) is 6.54 Å². The van der Waals surface area contributed by atoms with Crippen molar-refractivity contribution in [3.63, 3.8) is 0 Å². The molecule has 0 saturated carbocycles. The van der Waals surface area contributed by atoms with Gasteiger partial charge in [0.25, 0.3) is 5.69 Å². The summed E-state index contributed by atoms with van der Waals surface area (Å²) in [5.41, 5.74) is 1.57. The predicted octanol–water partition coefficient (Wildman–Crippen LogP) is 3.10. The third-order valence-corrected chi connectivity index (χ3v) is 3.27. The molecule has 0 amide bonds. The van der Waals surface area contributed by atoms with Crippen molar-refractivity contribution in [1.29, 1.82) is 5.26 Å². The van der Waals surface area contributed by atoms with E-state index in [1.165, 1.54) is 18.2 Å². The Balaban J connectivity index is 2.18. The molecule has 0 heterocycles. The van der Waals surface area contributed by atoms with Crippen molar-refractivity contribution >= 4 is 11.4 Å². The third-order valence-electron chi connectivity index (χ3n) is 3.27. The van der Waals surface area contributed by atoms with Gasteiger partial charge in [0.15, 0.2) is 11.5 Å². The molecule has 0 aromatic heterocycles. The minimum atomic E-state index is -0.529. The quantitative estimate of drug-likeness (QED) is 0.650.